The third-order valence-electron chi connectivity index (χ3n) is 2.66. The number of carbonyl (C=O) groups excluding carboxylic acids is 1. The molecule has 1 N–H and O–H groups in total. The Labute approximate surface area is 117 Å². The number of hydrogen-bond acceptors (Lipinski definition) is 4. The Bertz CT molecular complexity index is 621. The number of nitrogens with zero attached hydrogens (tertiary/aromatic N) is 1. The van der Waals surface area contributed by atoms with Crippen LogP contribution in [0.2, 0.25) is 0 Å². The lowest BCUT2D eigenvalue weighted by Gasteiger charge is -2.06. The molecule has 1 heterocycles. The SMILES string of the molecule is CCOc1cc(/C=C/C(=O)c2cccnc2)ccc1O. The maximum Gasteiger partial charge on any atom is 0.187 e. The largest absolute Gasteiger partial charge is 0.504 e. The normalized spacial score (nSPS) is 10.7. The first kappa shape index (κ1) is 13.8. The summed E-state index contributed by atoms with van der Waals surface area (Å²) in [6.45, 7) is 2.31. The molecule has 0 saturated carbocycles. The standard InChI is InChI=1S/C16H15NO3/c1-2-20-16-10-12(6-8-15(16)19)5-7-14(18)13-4-3-9-17-11-13/h3-11,19H,2H2,1H3/b7-5+. The minimum Gasteiger partial charge on any atom is -0.504 e. The van der Waals surface area contributed by atoms with Crippen molar-refractivity contribution in [3.63, 3.8) is 0 Å². The van der Waals surface area contributed by atoms with Crippen LogP contribution >= 0.6 is 0 Å². The Morgan fingerprint density at radius 1 is 1.40 bits per heavy atom. The molecule has 1 aromatic carbocycles. The third kappa shape index (κ3) is 3.45. The second-order valence-electron chi connectivity index (χ2n) is 4.10. The van der Waals surface area contributed by atoms with Crippen molar-refractivity contribution in [1.29, 1.82) is 0 Å². The molecule has 2 rings (SSSR count). The number of hydrogen-bond donors (Lipinski definition) is 1. The van der Waals surface area contributed by atoms with E-state index in [2.05, 4.69) is 4.98 Å². The fourth-order valence-electron chi connectivity index (χ4n) is 1.68. The highest BCUT2D eigenvalue weighted by atomic mass is 16.5. The minimum atomic E-state index is -0.121. The number of rotatable bonds is 5. The molecule has 0 aliphatic rings. The van der Waals surface area contributed by atoms with E-state index < -0.39 is 0 Å². The van der Waals surface area contributed by atoms with Gasteiger partial charge in [0.2, 0.25) is 0 Å². The number of ether oxygens (including phenoxy) is 1. The summed E-state index contributed by atoms with van der Waals surface area (Å²) in [6, 6.07) is 8.37. The zero-order valence-electron chi connectivity index (χ0n) is 11.1. The van der Waals surface area contributed by atoms with Crippen LogP contribution in [0.15, 0.2) is 48.8 Å². The topological polar surface area (TPSA) is 59.4 Å². The molecule has 0 amide bonds. The van der Waals surface area contributed by atoms with Gasteiger partial charge in [-0.15, -0.1) is 0 Å². The summed E-state index contributed by atoms with van der Waals surface area (Å²) in [4.78, 5) is 15.8. The van der Waals surface area contributed by atoms with Crippen LogP contribution in [0.1, 0.15) is 22.8 Å². The first-order chi connectivity index (χ1) is 9.70. The maximum absolute atomic E-state index is 11.9. The Hall–Kier alpha value is -2.62. The van der Waals surface area contributed by atoms with Gasteiger partial charge in [-0.25, -0.2) is 0 Å². The summed E-state index contributed by atoms with van der Waals surface area (Å²) < 4.78 is 5.29. The number of aromatic nitrogens is 1. The molecule has 102 valence electrons. The van der Waals surface area contributed by atoms with Crippen LogP contribution in [0.25, 0.3) is 6.08 Å². The summed E-state index contributed by atoms with van der Waals surface area (Å²) in [5.41, 5.74) is 1.32. The molecule has 0 spiro atoms. The van der Waals surface area contributed by atoms with Gasteiger partial charge >= 0.3 is 0 Å². The van der Waals surface area contributed by atoms with Crippen LogP contribution in [0.4, 0.5) is 0 Å². The summed E-state index contributed by atoms with van der Waals surface area (Å²) in [7, 11) is 0. The molecular formula is C16H15NO3. The fraction of sp³-hybridized carbons (Fsp3) is 0.125. The van der Waals surface area contributed by atoms with Crippen molar-refractivity contribution in [3.8, 4) is 11.5 Å². The summed E-state index contributed by atoms with van der Waals surface area (Å²) in [5.74, 6) is 0.371. The number of phenols is 1. The van der Waals surface area contributed by atoms with Gasteiger partial charge in [0.15, 0.2) is 17.3 Å². The molecule has 0 aliphatic carbocycles. The summed E-state index contributed by atoms with van der Waals surface area (Å²) >= 11 is 0. The zero-order chi connectivity index (χ0) is 14.4. The molecule has 0 radical (unpaired) electrons. The zero-order valence-corrected chi connectivity index (χ0v) is 11.1. The maximum atomic E-state index is 11.9. The third-order valence-corrected chi connectivity index (χ3v) is 2.66. The second-order valence-corrected chi connectivity index (χ2v) is 4.10. The monoisotopic (exact) mass is 269 g/mol. The van der Waals surface area contributed by atoms with Crippen molar-refractivity contribution in [2.75, 3.05) is 6.61 Å². The predicted molar refractivity (Wildman–Crippen MR) is 76.9 cm³/mol. The van der Waals surface area contributed by atoms with E-state index in [1.54, 1.807) is 42.6 Å². The highest BCUT2D eigenvalue weighted by molar-refractivity contribution is 6.06. The van der Waals surface area contributed by atoms with Gasteiger partial charge in [0, 0.05) is 18.0 Å². The number of ketones is 1. The van der Waals surface area contributed by atoms with Crippen molar-refractivity contribution in [1.82, 2.24) is 4.98 Å². The average molecular weight is 269 g/mol. The van der Waals surface area contributed by atoms with E-state index in [-0.39, 0.29) is 11.5 Å². The van der Waals surface area contributed by atoms with Gasteiger partial charge in [-0.05, 0) is 42.8 Å². The van der Waals surface area contributed by atoms with E-state index in [1.165, 1.54) is 12.3 Å². The number of aromatic hydroxyl groups is 1. The number of benzene rings is 1. The van der Waals surface area contributed by atoms with Crippen molar-refractivity contribution >= 4 is 11.9 Å². The molecule has 4 nitrogen and oxygen atoms in total. The first-order valence-electron chi connectivity index (χ1n) is 6.29. The molecule has 0 atom stereocenters. The Morgan fingerprint density at radius 3 is 2.95 bits per heavy atom. The fourth-order valence-corrected chi connectivity index (χ4v) is 1.68. The molecule has 0 aliphatic heterocycles. The van der Waals surface area contributed by atoms with Gasteiger partial charge in [0.05, 0.1) is 6.61 Å². The van der Waals surface area contributed by atoms with E-state index in [1.807, 2.05) is 6.92 Å². The quantitative estimate of drug-likeness (QED) is 0.669. The van der Waals surface area contributed by atoms with E-state index in [0.29, 0.717) is 17.9 Å². The molecule has 20 heavy (non-hydrogen) atoms. The van der Waals surface area contributed by atoms with Crippen molar-refractivity contribution in [3.05, 3.63) is 59.9 Å². The molecular weight excluding hydrogens is 254 g/mol. The van der Waals surface area contributed by atoms with Crippen LogP contribution < -0.4 is 4.74 Å². The second kappa shape index (κ2) is 6.52. The molecule has 1 aromatic heterocycles. The molecule has 0 fully saturated rings. The molecule has 0 saturated heterocycles. The highest BCUT2D eigenvalue weighted by Crippen LogP contribution is 2.27. The smallest absolute Gasteiger partial charge is 0.187 e. The van der Waals surface area contributed by atoms with Crippen LogP contribution in [-0.4, -0.2) is 22.5 Å². The Kier molecular flexibility index (Phi) is 4.50. The van der Waals surface area contributed by atoms with Crippen LogP contribution in [0, 0.1) is 0 Å². The molecule has 0 unspecified atom stereocenters. The Morgan fingerprint density at radius 2 is 2.25 bits per heavy atom. The van der Waals surface area contributed by atoms with Crippen molar-refractivity contribution in [2.45, 2.75) is 6.92 Å². The lowest BCUT2D eigenvalue weighted by Crippen LogP contribution is -1.94. The predicted octanol–water partition coefficient (Wildman–Crippen LogP) is 3.08. The van der Waals surface area contributed by atoms with Gasteiger partial charge in [-0.2, -0.15) is 0 Å². The number of carbonyl (C=O) groups is 1. The van der Waals surface area contributed by atoms with Gasteiger partial charge in [-0.1, -0.05) is 12.1 Å². The van der Waals surface area contributed by atoms with Crippen molar-refractivity contribution < 1.29 is 14.6 Å². The number of pyridine rings is 1. The average Bonchev–Trinajstić information content (AvgIpc) is 2.49. The van der Waals surface area contributed by atoms with Gasteiger partial charge < -0.3 is 9.84 Å². The summed E-state index contributed by atoms with van der Waals surface area (Å²) in [6.07, 6.45) is 6.29. The Balaban J connectivity index is 2.15. The van der Waals surface area contributed by atoms with Gasteiger partial charge in [-0.3, -0.25) is 9.78 Å². The molecule has 2 aromatic rings. The van der Waals surface area contributed by atoms with E-state index in [4.69, 9.17) is 4.74 Å². The van der Waals surface area contributed by atoms with Crippen LogP contribution in [0.5, 0.6) is 11.5 Å². The lowest BCUT2D eigenvalue weighted by atomic mass is 10.1. The molecule has 0 bridgehead atoms. The van der Waals surface area contributed by atoms with Crippen LogP contribution in [0.3, 0.4) is 0 Å². The lowest BCUT2D eigenvalue weighted by molar-refractivity contribution is 0.104. The van der Waals surface area contributed by atoms with Crippen LogP contribution in [-0.2, 0) is 0 Å². The minimum absolute atomic E-state index is 0.0857. The molecule has 4 heteroatoms. The van der Waals surface area contributed by atoms with E-state index >= 15 is 0 Å². The van der Waals surface area contributed by atoms with Gasteiger partial charge in [0.25, 0.3) is 0 Å². The van der Waals surface area contributed by atoms with Crippen molar-refractivity contribution in [2.24, 2.45) is 0 Å². The van der Waals surface area contributed by atoms with E-state index in [9.17, 15) is 9.90 Å². The summed E-state index contributed by atoms with van der Waals surface area (Å²) in [5, 5.41) is 9.60. The van der Waals surface area contributed by atoms with E-state index in [0.717, 1.165) is 5.56 Å². The first-order valence-corrected chi connectivity index (χ1v) is 6.29. The van der Waals surface area contributed by atoms with Gasteiger partial charge in [0.1, 0.15) is 0 Å². The number of phenolic OH excluding ortho intramolecular Hbond substituents is 1. The number of allylic oxidation sites excluding steroid dienone is 1. The highest BCUT2D eigenvalue weighted by Gasteiger charge is 2.03.